The molecular formula is C14H21N3O2. The molecule has 5 nitrogen and oxygen atoms in total. The van der Waals surface area contributed by atoms with E-state index in [-0.39, 0.29) is 30.4 Å². The maximum atomic E-state index is 12.5. The number of nitrogens with zero attached hydrogens (tertiary/aromatic N) is 2. The Labute approximate surface area is 113 Å². The van der Waals surface area contributed by atoms with Gasteiger partial charge in [0.05, 0.1) is 6.54 Å². The van der Waals surface area contributed by atoms with Gasteiger partial charge >= 0.3 is 0 Å². The van der Waals surface area contributed by atoms with Gasteiger partial charge in [-0.1, -0.05) is 0 Å². The van der Waals surface area contributed by atoms with Crippen molar-refractivity contribution in [3.63, 3.8) is 0 Å². The summed E-state index contributed by atoms with van der Waals surface area (Å²) in [6.45, 7) is 2.33. The zero-order chi connectivity index (χ0) is 13.0. The largest absolute Gasteiger partial charge is 0.342 e. The average molecular weight is 263 g/mol. The molecule has 19 heavy (non-hydrogen) atoms. The van der Waals surface area contributed by atoms with Crippen LogP contribution >= 0.6 is 0 Å². The summed E-state index contributed by atoms with van der Waals surface area (Å²) >= 11 is 0. The van der Waals surface area contributed by atoms with Crippen LogP contribution in [0.4, 0.5) is 0 Å². The smallest absolute Gasteiger partial charge is 0.246 e. The molecule has 2 aliphatic heterocycles. The van der Waals surface area contributed by atoms with Gasteiger partial charge in [-0.2, -0.15) is 0 Å². The van der Waals surface area contributed by atoms with E-state index in [9.17, 15) is 9.59 Å². The van der Waals surface area contributed by atoms with Crippen LogP contribution in [-0.4, -0.2) is 59.4 Å². The van der Waals surface area contributed by atoms with Crippen molar-refractivity contribution in [3.05, 3.63) is 0 Å². The molecule has 0 aromatic carbocycles. The van der Waals surface area contributed by atoms with Gasteiger partial charge in [-0.3, -0.25) is 14.5 Å². The minimum absolute atomic E-state index is 0.0290. The molecule has 0 radical (unpaired) electrons. The van der Waals surface area contributed by atoms with Gasteiger partial charge < -0.3 is 10.2 Å². The predicted octanol–water partition coefficient (Wildman–Crippen LogP) is -0.0399. The second-order valence-corrected chi connectivity index (χ2v) is 6.52. The number of piperazine rings is 1. The van der Waals surface area contributed by atoms with E-state index in [1.54, 1.807) is 0 Å². The van der Waals surface area contributed by atoms with E-state index in [0.29, 0.717) is 5.92 Å². The Kier molecular flexibility index (Phi) is 2.59. The van der Waals surface area contributed by atoms with Crippen molar-refractivity contribution in [2.24, 2.45) is 5.92 Å². The Morgan fingerprint density at radius 3 is 2.47 bits per heavy atom. The van der Waals surface area contributed by atoms with E-state index >= 15 is 0 Å². The lowest BCUT2D eigenvalue weighted by atomic mass is 10.1. The van der Waals surface area contributed by atoms with Crippen LogP contribution in [0.2, 0.25) is 0 Å². The molecule has 0 aromatic rings. The van der Waals surface area contributed by atoms with E-state index < -0.39 is 0 Å². The standard InChI is InChI=1S/C14H21N3O2/c18-12-8-17(14(19)13(15-12)9-1-2-9)11-5-6-16(7-11)10-3-4-10/h9-11,13H,1-8H2,(H,15,18). The lowest BCUT2D eigenvalue weighted by molar-refractivity contribution is -0.147. The Morgan fingerprint density at radius 1 is 1.00 bits per heavy atom. The van der Waals surface area contributed by atoms with E-state index in [1.165, 1.54) is 12.8 Å². The zero-order valence-corrected chi connectivity index (χ0v) is 11.2. The minimum Gasteiger partial charge on any atom is -0.342 e. The SMILES string of the molecule is O=C1CN(C2CCN(C3CC3)C2)C(=O)C(C2CC2)N1. The Balaban J connectivity index is 1.46. The number of rotatable bonds is 3. The predicted molar refractivity (Wildman–Crippen MR) is 69.4 cm³/mol. The number of carbonyl (C=O) groups is 2. The fourth-order valence-corrected chi connectivity index (χ4v) is 3.54. The molecule has 1 N–H and O–H groups in total. The molecule has 4 rings (SSSR count). The molecule has 104 valence electrons. The third-order valence-electron chi connectivity index (χ3n) is 4.97. The van der Waals surface area contributed by atoms with E-state index in [4.69, 9.17) is 0 Å². The summed E-state index contributed by atoms with van der Waals surface area (Å²) in [5, 5.41) is 2.88. The Morgan fingerprint density at radius 2 is 1.79 bits per heavy atom. The number of carbonyl (C=O) groups excluding carboxylic acids is 2. The van der Waals surface area contributed by atoms with Crippen LogP contribution in [0.5, 0.6) is 0 Å². The quantitative estimate of drug-likeness (QED) is 0.777. The first-order chi connectivity index (χ1) is 9.22. The third kappa shape index (κ3) is 2.14. The molecule has 2 saturated carbocycles. The zero-order valence-electron chi connectivity index (χ0n) is 11.2. The molecule has 2 aliphatic carbocycles. The van der Waals surface area contributed by atoms with Crippen molar-refractivity contribution < 1.29 is 9.59 Å². The molecule has 2 atom stereocenters. The van der Waals surface area contributed by atoms with Crippen molar-refractivity contribution in [1.82, 2.24) is 15.1 Å². The van der Waals surface area contributed by atoms with E-state index in [2.05, 4.69) is 10.2 Å². The highest BCUT2D eigenvalue weighted by molar-refractivity contribution is 5.95. The Bertz CT molecular complexity index is 417. The summed E-state index contributed by atoms with van der Waals surface area (Å²) in [6.07, 6.45) is 5.83. The lowest BCUT2D eigenvalue weighted by Gasteiger charge is -2.36. The van der Waals surface area contributed by atoms with Gasteiger partial charge in [0.15, 0.2) is 0 Å². The van der Waals surface area contributed by atoms with Crippen LogP contribution in [0.25, 0.3) is 0 Å². The minimum atomic E-state index is -0.226. The molecule has 4 fully saturated rings. The topological polar surface area (TPSA) is 52.7 Å². The number of hydrogen-bond donors (Lipinski definition) is 1. The maximum absolute atomic E-state index is 12.5. The summed E-state index contributed by atoms with van der Waals surface area (Å²) < 4.78 is 0. The van der Waals surface area contributed by atoms with Crippen LogP contribution in [-0.2, 0) is 9.59 Å². The molecule has 2 unspecified atom stereocenters. The van der Waals surface area contributed by atoms with Crippen molar-refractivity contribution in [1.29, 1.82) is 0 Å². The summed E-state index contributed by atoms with van der Waals surface area (Å²) in [7, 11) is 0. The Hall–Kier alpha value is -1.10. The molecule has 4 aliphatic rings. The van der Waals surface area contributed by atoms with E-state index in [0.717, 1.165) is 38.4 Å². The fraction of sp³-hybridized carbons (Fsp3) is 0.857. The van der Waals surface area contributed by atoms with Gasteiger partial charge in [0.1, 0.15) is 6.04 Å². The van der Waals surface area contributed by atoms with Crippen LogP contribution in [0.1, 0.15) is 32.1 Å². The van der Waals surface area contributed by atoms with Gasteiger partial charge in [0.25, 0.3) is 0 Å². The highest BCUT2D eigenvalue weighted by Crippen LogP contribution is 2.36. The summed E-state index contributed by atoms with van der Waals surface area (Å²) in [5.74, 6) is 0.603. The molecule has 0 spiro atoms. The normalized spacial score (nSPS) is 36.7. The van der Waals surface area contributed by atoms with Crippen molar-refractivity contribution in [3.8, 4) is 0 Å². The van der Waals surface area contributed by atoms with Crippen LogP contribution in [0.3, 0.4) is 0 Å². The van der Waals surface area contributed by atoms with Crippen LogP contribution in [0.15, 0.2) is 0 Å². The summed E-state index contributed by atoms with van der Waals surface area (Å²) in [5.41, 5.74) is 0. The summed E-state index contributed by atoms with van der Waals surface area (Å²) in [6, 6.07) is 0.801. The molecule has 5 heteroatoms. The molecule has 2 amide bonds. The van der Waals surface area contributed by atoms with Gasteiger partial charge in [0, 0.05) is 25.2 Å². The number of hydrogen-bond acceptors (Lipinski definition) is 3. The lowest BCUT2D eigenvalue weighted by Crippen LogP contribution is -2.61. The number of nitrogens with one attached hydrogen (secondary N) is 1. The van der Waals surface area contributed by atoms with Crippen molar-refractivity contribution >= 4 is 11.8 Å². The molecule has 2 saturated heterocycles. The van der Waals surface area contributed by atoms with Gasteiger partial charge in [-0.25, -0.2) is 0 Å². The number of amides is 2. The fourth-order valence-electron chi connectivity index (χ4n) is 3.54. The molecule has 0 aromatic heterocycles. The second kappa shape index (κ2) is 4.20. The highest BCUT2D eigenvalue weighted by atomic mass is 16.2. The van der Waals surface area contributed by atoms with Crippen LogP contribution in [0, 0.1) is 5.92 Å². The monoisotopic (exact) mass is 263 g/mol. The first kappa shape index (κ1) is 11.7. The van der Waals surface area contributed by atoms with Gasteiger partial charge in [0.2, 0.25) is 11.8 Å². The molecular weight excluding hydrogens is 242 g/mol. The first-order valence-corrected chi connectivity index (χ1v) is 7.56. The van der Waals surface area contributed by atoms with Crippen molar-refractivity contribution in [2.75, 3.05) is 19.6 Å². The van der Waals surface area contributed by atoms with Crippen molar-refractivity contribution in [2.45, 2.75) is 50.2 Å². The van der Waals surface area contributed by atoms with E-state index in [1.807, 2.05) is 4.90 Å². The third-order valence-corrected chi connectivity index (χ3v) is 4.97. The summed E-state index contributed by atoms with van der Waals surface area (Å²) in [4.78, 5) is 28.7. The highest BCUT2D eigenvalue weighted by Gasteiger charge is 2.46. The molecule has 2 heterocycles. The van der Waals surface area contributed by atoms with Crippen LogP contribution < -0.4 is 5.32 Å². The van der Waals surface area contributed by atoms with Gasteiger partial charge in [-0.15, -0.1) is 0 Å². The van der Waals surface area contributed by atoms with Gasteiger partial charge in [-0.05, 0) is 38.0 Å². The first-order valence-electron chi connectivity index (χ1n) is 7.56. The second-order valence-electron chi connectivity index (χ2n) is 6.52. The maximum Gasteiger partial charge on any atom is 0.246 e. The molecule has 0 bridgehead atoms. The number of likely N-dealkylation sites (tertiary alicyclic amines) is 1. The average Bonchev–Trinajstić information content (AvgIpc) is 3.31.